The number of nitrogens with one attached hydrogen (secondary N) is 2. The second kappa shape index (κ2) is 8.43. The van der Waals surface area contributed by atoms with E-state index in [0.29, 0.717) is 31.7 Å². The molecule has 25 heavy (non-hydrogen) atoms. The predicted octanol–water partition coefficient (Wildman–Crippen LogP) is 1.33. The summed E-state index contributed by atoms with van der Waals surface area (Å²) in [6, 6.07) is 9.26. The van der Waals surface area contributed by atoms with Gasteiger partial charge in [0.25, 0.3) is 0 Å². The number of carbonyl (C=O) groups excluding carboxylic acids is 1. The molecule has 1 aromatic rings. The number of amides is 1. The zero-order valence-corrected chi connectivity index (χ0v) is 15.1. The smallest absolute Gasteiger partial charge is 0.220 e. The molecule has 1 aromatic carbocycles. The van der Waals surface area contributed by atoms with Crippen LogP contribution in [0.1, 0.15) is 38.3 Å². The van der Waals surface area contributed by atoms with Crippen LogP contribution >= 0.6 is 0 Å². The Labute approximate surface area is 149 Å². The molecule has 1 aliphatic heterocycles. The lowest BCUT2D eigenvalue weighted by Gasteiger charge is -2.21. The van der Waals surface area contributed by atoms with Gasteiger partial charge in [-0.25, -0.2) is 0 Å². The Morgan fingerprint density at radius 1 is 1.44 bits per heavy atom. The van der Waals surface area contributed by atoms with Gasteiger partial charge in [-0.1, -0.05) is 32.9 Å². The van der Waals surface area contributed by atoms with E-state index in [2.05, 4.69) is 16.7 Å². The first kappa shape index (κ1) is 19.4. The lowest BCUT2D eigenvalue weighted by atomic mass is 9.92. The number of hydrogen-bond acceptors (Lipinski definition) is 5. The molecule has 0 spiro atoms. The molecule has 6 heteroatoms. The van der Waals surface area contributed by atoms with E-state index in [0.717, 1.165) is 5.56 Å². The van der Waals surface area contributed by atoms with Crippen molar-refractivity contribution in [3.05, 3.63) is 35.4 Å². The van der Waals surface area contributed by atoms with Gasteiger partial charge >= 0.3 is 0 Å². The highest BCUT2D eigenvalue weighted by Crippen LogP contribution is 2.18. The summed E-state index contributed by atoms with van der Waals surface area (Å²) in [6.07, 6.45) is -0.659. The van der Waals surface area contributed by atoms with Crippen molar-refractivity contribution in [2.75, 3.05) is 13.2 Å². The molecule has 1 saturated heterocycles. The first-order valence-corrected chi connectivity index (χ1v) is 8.57. The van der Waals surface area contributed by atoms with Crippen molar-refractivity contribution >= 4 is 5.91 Å². The molecule has 136 valence electrons. The number of aliphatic hydroxyl groups is 1. The third-order valence-electron chi connectivity index (χ3n) is 4.10. The summed E-state index contributed by atoms with van der Waals surface area (Å²) < 4.78 is 5.61. The fourth-order valence-corrected chi connectivity index (χ4v) is 2.80. The van der Waals surface area contributed by atoms with Gasteiger partial charge in [-0.2, -0.15) is 5.26 Å². The molecule has 0 bridgehead atoms. The van der Waals surface area contributed by atoms with Crippen LogP contribution in [0.3, 0.4) is 0 Å². The Balaban J connectivity index is 1.78. The monoisotopic (exact) mass is 345 g/mol. The third-order valence-corrected chi connectivity index (χ3v) is 4.10. The molecule has 0 radical (unpaired) electrons. The summed E-state index contributed by atoms with van der Waals surface area (Å²) in [5.41, 5.74) is 1.52. The van der Waals surface area contributed by atoms with E-state index < -0.39 is 12.2 Å². The van der Waals surface area contributed by atoms with Crippen molar-refractivity contribution in [2.45, 2.75) is 52.0 Å². The Hall–Kier alpha value is -1.94. The summed E-state index contributed by atoms with van der Waals surface area (Å²) >= 11 is 0. The Morgan fingerprint density at radius 3 is 2.88 bits per heavy atom. The largest absolute Gasteiger partial charge is 0.389 e. The normalized spacial score (nSPS) is 23.2. The second-order valence-electron chi connectivity index (χ2n) is 7.70. The summed E-state index contributed by atoms with van der Waals surface area (Å²) in [7, 11) is 0. The quantitative estimate of drug-likeness (QED) is 0.723. The zero-order chi connectivity index (χ0) is 18.4. The molecule has 1 amide bonds. The van der Waals surface area contributed by atoms with E-state index in [1.165, 1.54) is 0 Å². The Kier molecular flexibility index (Phi) is 6.54. The fraction of sp³-hybridized carbons (Fsp3) is 0.579. The van der Waals surface area contributed by atoms with E-state index in [1.54, 1.807) is 6.07 Å². The van der Waals surface area contributed by atoms with Gasteiger partial charge < -0.3 is 20.5 Å². The molecule has 3 unspecified atom stereocenters. The molecular weight excluding hydrogens is 318 g/mol. The summed E-state index contributed by atoms with van der Waals surface area (Å²) in [6.45, 7) is 7.26. The van der Waals surface area contributed by atoms with Crippen molar-refractivity contribution in [2.24, 2.45) is 5.41 Å². The summed E-state index contributed by atoms with van der Waals surface area (Å²) in [5, 5.41) is 25.4. The highest BCUT2D eigenvalue weighted by atomic mass is 16.5. The van der Waals surface area contributed by atoms with E-state index in [1.807, 2.05) is 39.0 Å². The van der Waals surface area contributed by atoms with Gasteiger partial charge in [0, 0.05) is 19.5 Å². The maximum atomic E-state index is 11.9. The molecule has 3 atom stereocenters. The van der Waals surface area contributed by atoms with Gasteiger partial charge in [-0.05, 0) is 23.1 Å². The number of benzene rings is 1. The number of rotatable bonds is 6. The van der Waals surface area contributed by atoms with Crippen molar-refractivity contribution < 1.29 is 14.6 Å². The van der Waals surface area contributed by atoms with Gasteiger partial charge in [0.1, 0.15) is 6.10 Å². The minimum Gasteiger partial charge on any atom is -0.389 e. The molecule has 0 saturated carbocycles. The highest BCUT2D eigenvalue weighted by molar-refractivity contribution is 5.76. The topological polar surface area (TPSA) is 94.4 Å². The van der Waals surface area contributed by atoms with Crippen molar-refractivity contribution in [1.82, 2.24) is 10.6 Å². The number of carbonyl (C=O) groups is 1. The van der Waals surface area contributed by atoms with E-state index in [-0.39, 0.29) is 17.4 Å². The lowest BCUT2D eigenvalue weighted by Crippen LogP contribution is -2.44. The van der Waals surface area contributed by atoms with Crippen molar-refractivity contribution in [1.29, 1.82) is 5.26 Å². The molecule has 3 N–H and O–H groups in total. The average Bonchev–Trinajstić information content (AvgIpc) is 2.90. The van der Waals surface area contributed by atoms with Gasteiger partial charge in [-0.15, -0.1) is 0 Å². The maximum Gasteiger partial charge on any atom is 0.220 e. The second-order valence-corrected chi connectivity index (χ2v) is 7.70. The minimum absolute atomic E-state index is 0.0342. The maximum absolute atomic E-state index is 11.9. The van der Waals surface area contributed by atoms with Crippen LogP contribution in [0.15, 0.2) is 24.3 Å². The van der Waals surface area contributed by atoms with Crippen LogP contribution < -0.4 is 10.6 Å². The van der Waals surface area contributed by atoms with Gasteiger partial charge in [0.15, 0.2) is 0 Å². The molecule has 1 fully saturated rings. The molecule has 0 aromatic heterocycles. The number of aliphatic hydroxyl groups excluding tert-OH is 1. The van der Waals surface area contributed by atoms with Crippen LogP contribution in [0.25, 0.3) is 0 Å². The van der Waals surface area contributed by atoms with Crippen LogP contribution in [0.2, 0.25) is 0 Å². The highest BCUT2D eigenvalue weighted by Gasteiger charge is 2.35. The first-order chi connectivity index (χ1) is 11.8. The zero-order valence-electron chi connectivity index (χ0n) is 15.1. The van der Waals surface area contributed by atoms with Crippen LogP contribution in [-0.4, -0.2) is 42.4 Å². The van der Waals surface area contributed by atoms with Gasteiger partial charge in [-0.3, -0.25) is 4.79 Å². The number of ether oxygens (including phenoxy) is 1. The molecule has 0 aliphatic carbocycles. The Morgan fingerprint density at radius 2 is 2.20 bits per heavy atom. The van der Waals surface area contributed by atoms with E-state index >= 15 is 0 Å². The van der Waals surface area contributed by atoms with E-state index in [4.69, 9.17) is 10.00 Å². The molecule has 1 heterocycles. The van der Waals surface area contributed by atoms with Crippen molar-refractivity contribution in [3.63, 3.8) is 0 Å². The molecular formula is C19H27N3O3. The minimum atomic E-state index is -0.686. The van der Waals surface area contributed by atoms with Gasteiger partial charge in [0.2, 0.25) is 5.91 Å². The molecule has 1 aliphatic rings. The van der Waals surface area contributed by atoms with Crippen molar-refractivity contribution in [3.8, 4) is 6.07 Å². The summed E-state index contributed by atoms with van der Waals surface area (Å²) in [5.74, 6) is -0.0342. The number of nitrogens with zero attached hydrogens (tertiary/aromatic N) is 1. The average molecular weight is 345 g/mol. The lowest BCUT2D eigenvalue weighted by molar-refractivity contribution is -0.123. The number of nitriles is 1. The van der Waals surface area contributed by atoms with Crippen LogP contribution in [0.4, 0.5) is 0 Å². The third kappa shape index (κ3) is 6.13. The first-order valence-electron chi connectivity index (χ1n) is 8.57. The molecule has 6 nitrogen and oxygen atoms in total. The SMILES string of the molecule is CC(C)(C)CC(=O)NCC1OCC(NCc2cccc(C#N)c2)C1O. The van der Waals surface area contributed by atoms with Crippen LogP contribution in [-0.2, 0) is 16.1 Å². The van der Waals surface area contributed by atoms with Gasteiger partial charge in [0.05, 0.1) is 30.4 Å². The standard InChI is InChI=1S/C19H27N3O3/c1-19(2,3)8-17(23)22-11-16-18(24)15(12-25-16)21-10-14-6-4-5-13(7-14)9-20/h4-7,15-16,18,21,24H,8,10-12H2,1-3H3,(H,22,23). The number of hydrogen-bond donors (Lipinski definition) is 3. The van der Waals surface area contributed by atoms with Crippen LogP contribution in [0, 0.1) is 16.7 Å². The predicted molar refractivity (Wildman–Crippen MR) is 94.6 cm³/mol. The molecule has 2 rings (SSSR count). The van der Waals surface area contributed by atoms with E-state index in [9.17, 15) is 9.90 Å². The Bertz CT molecular complexity index is 634. The fourth-order valence-electron chi connectivity index (χ4n) is 2.80. The summed E-state index contributed by atoms with van der Waals surface area (Å²) in [4.78, 5) is 11.9. The van der Waals surface area contributed by atoms with Crippen LogP contribution in [0.5, 0.6) is 0 Å².